The molecule has 0 unspecified atom stereocenters. The molecular formula is C24H31FN2O2S. The third-order valence-corrected chi connectivity index (χ3v) is 5.68. The first kappa shape index (κ1) is 23.9. The van der Waals surface area contributed by atoms with Crippen molar-refractivity contribution in [3.63, 3.8) is 0 Å². The molecule has 0 aliphatic rings. The summed E-state index contributed by atoms with van der Waals surface area (Å²) in [6, 6.07) is 13.7. The minimum atomic E-state index is -0.566. The first-order chi connectivity index (χ1) is 14.3. The number of benzene rings is 2. The lowest BCUT2D eigenvalue weighted by atomic mass is 10.1. The van der Waals surface area contributed by atoms with Crippen molar-refractivity contribution < 1.29 is 14.0 Å². The summed E-state index contributed by atoms with van der Waals surface area (Å²) in [5.41, 5.74) is 3.07. The minimum Gasteiger partial charge on any atom is -0.354 e. The van der Waals surface area contributed by atoms with E-state index in [1.807, 2.05) is 45.0 Å². The second kappa shape index (κ2) is 11.7. The van der Waals surface area contributed by atoms with Crippen molar-refractivity contribution in [3.8, 4) is 0 Å². The molecular weight excluding hydrogens is 399 g/mol. The lowest BCUT2D eigenvalue weighted by molar-refractivity contribution is -0.138. The monoisotopic (exact) mass is 430 g/mol. The molecule has 1 atom stereocenters. The van der Waals surface area contributed by atoms with Gasteiger partial charge in [-0.25, -0.2) is 4.39 Å². The summed E-state index contributed by atoms with van der Waals surface area (Å²) in [5, 5.41) is 2.93. The second-order valence-corrected chi connectivity index (χ2v) is 8.93. The predicted molar refractivity (Wildman–Crippen MR) is 122 cm³/mol. The molecule has 2 aromatic rings. The molecule has 162 valence electrons. The molecule has 6 heteroatoms. The fourth-order valence-corrected chi connectivity index (χ4v) is 3.83. The zero-order valence-electron chi connectivity index (χ0n) is 18.2. The van der Waals surface area contributed by atoms with Crippen molar-refractivity contribution in [2.45, 2.75) is 46.0 Å². The maximum atomic E-state index is 13.0. The number of carbonyl (C=O) groups is 2. The Morgan fingerprint density at radius 3 is 2.40 bits per heavy atom. The largest absolute Gasteiger partial charge is 0.354 e. The van der Waals surface area contributed by atoms with Gasteiger partial charge >= 0.3 is 0 Å². The van der Waals surface area contributed by atoms with E-state index in [2.05, 4.69) is 5.32 Å². The second-order valence-electron chi connectivity index (χ2n) is 7.94. The summed E-state index contributed by atoms with van der Waals surface area (Å²) >= 11 is 1.46. The van der Waals surface area contributed by atoms with E-state index in [1.54, 1.807) is 24.0 Å². The Hall–Kier alpha value is -2.34. The molecule has 0 spiro atoms. The minimum absolute atomic E-state index is 0.0872. The van der Waals surface area contributed by atoms with Crippen LogP contribution in [0, 0.1) is 18.7 Å². The molecule has 0 aromatic heterocycles. The van der Waals surface area contributed by atoms with Crippen LogP contribution in [0.4, 0.5) is 4.39 Å². The number of rotatable bonds is 10. The van der Waals surface area contributed by atoms with Gasteiger partial charge in [0.05, 0.1) is 5.75 Å². The molecule has 0 radical (unpaired) electrons. The standard InChI is InChI=1S/C24H31FN2O2S/c1-17(2)13-26-24(29)19(4)27(14-21-7-5-6-18(3)12-21)23(28)16-30-15-20-8-10-22(25)11-9-20/h5-12,17,19H,13-16H2,1-4H3,(H,26,29)/t19-/m1/s1. The quantitative estimate of drug-likeness (QED) is 0.601. The van der Waals surface area contributed by atoms with Crippen LogP contribution in [0.3, 0.4) is 0 Å². The number of nitrogens with one attached hydrogen (secondary N) is 1. The smallest absolute Gasteiger partial charge is 0.242 e. The Bertz CT molecular complexity index is 839. The van der Waals surface area contributed by atoms with Gasteiger partial charge in [0.2, 0.25) is 11.8 Å². The summed E-state index contributed by atoms with van der Waals surface area (Å²) < 4.78 is 13.0. The lowest BCUT2D eigenvalue weighted by Gasteiger charge is -2.29. The third-order valence-electron chi connectivity index (χ3n) is 4.69. The molecule has 2 amide bonds. The summed E-state index contributed by atoms with van der Waals surface area (Å²) in [5.74, 6) is 0.700. The van der Waals surface area contributed by atoms with Crippen LogP contribution in [0.15, 0.2) is 48.5 Å². The molecule has 4 nitrogen and oxygen atoms in total. The van der Waals surface area contributed by atoms with Gasteiger partial charge in [0.1, 0.15) is 11.9 Å². The van der Waals surface area contributed by atoms with E-state index in [-0.39, 0.29) is 23.4 Å². The number of amides is 2. The lowest BCUT2D eigenvalue weighted by Crippen LogP contribution is -2.48. The maximum Gasteiger partial charge on any atom is 0.242 e. The van der Waals surface area contributed by atoms with Crippen molar-refractivity contribution in [1.82, 2.24) is 10.2 Å². The van der Waals surface area contributed by atoms with Gasteiger partial charge in [-0.2, -0.15) is 0 Å². The van der Waals surface area contributed by atoms with Crippen LogP contribution in [0.25, 0.3) is 0 Å². The molecule has 2 aromatic carbocycles. The molecule has 0 saturated carbocycles. The van der Waals surface area contributed by atoms with E-state index >= 15 is 0 Å². The highest BCUT2D eigenvalue weighted by atomic mass is 32.2. The summed E-state index contributed by atoms with van der Waals surface area (Å²) in [4.78, 5) is 27.3. The Balaban J connectivity index is 2.05. The van der Waals surface area contributed by atoms with Crippen LogP contribution in [0.5, 0.6) is 0 Å². The van der Waals surface area contributed by atoms with Gasteiger partial charge in [-0.1, -0.05) is 55.8 Å². The van der Waals surface area contributed by atoms with Crippen LogP contribution in [-0.4, -0.2) is 35.1 Å². The van der Waals surface area contributed by atoms with E-state index in [1.165, 1.54) is 23.9 Å². The molecule has 0 aliphatic heterocycles. The molecule has 0 saturated heterocycles. The third kappa shape index (κ3) is 7.82. The highest BCUT2D eigenvalue weighted by Gasteiger charge is 2.26. The SMILES string of the molecule is Cc1cccc(CN(C(=O)CSCc2ccc(F)cc2)[C@H](C)C(=O)NCC(C)C)c1. The number of aryl methyl sites for hydroxylation is 1. The number of carbonyl (C=O) groups excluding carboxylic acids is 2. The molecule has 0 aliphatic carbocycles. The Morgan fingerprint density at radius 1 is 1.07 bits per heavy atom. The molecule has 0 heterocycles. The number of hydrogen-bond acceptors (Lipinski definition) is 3. The average Bonchev–Trinajstić information content (AvgIpc) is 2.71. The van der Waals surface area contributed by atoms with Gasteiger partial charge in [0, 0.05) is 18.8 Å². The molecule has 1 N–H and O–H groups in total. The molecule has 30 heavy (non-hydrogen) atoms. The van der Waals surface area contributed by atoms with E-state index < -0.39 is 6.04 Å². The Kier molecular flexibility index (Phi) is 9.37. The molecule has 0 fully saturated rings. The zero-order chi connectivity index (χ0) is 22.1. The van der Waals surface area contributed by atoms with Crippen molar-refractivity contribution in [2.24, 2.45) is 5.92 Å². The molecule has 2 rings (SSSR count). The average molecular weight is 431 g/mol. The Morgan fingerprint density at radius 2 is 1.77 bits per heavy atom. The van der Waals surface area contributed by atoms with Crippen molar-refractivity contribution >= 4 is 23.6 Å². The topological polar surface area (TPSA) is 49.4 Å². The van der Waals surface area contributed by atoms with E-state index in [0.717, 1.165) is 16.7 Å². The van der Waals surface area contributed by atoms with Crippen molar-refractivity contribution in [2.75, 3.05) is 12.3 Å². The van der Waals surface area contributed by atoms with Gasteiger partial charge in [-0.05, 0) is 43.0 Å². The van der Waals surface area contributed by atoms with Crippen molar-refractivity contribution in [3.05, 3.63) is 71.0 Å². The number of hydrogen-bond donors (Lipinski definition) is 1. The van der Waals surface area contributed by atoms with Gasteiger partial charge in [0.25, 0.3) is 0 Å². The first-order valence-corrected chi connectivity index (χ1v) is 11.4. The molecule has 0 bridgehead atoms. The van der Waals surface area contributed by atoms with Gasteiger partial charge in [0.15, 0.2) is 0 Å². The number of halogens is 1. The normalized spacial score (nSPS) is 11.9. The van der Waals surface area contributed by atoms with Crippen LogP contribution in [-0.2, 0) is 21.9 Å². The van der Waals surface area contributed by atoms with E-state index in [0.29, 0.717) is 24.8 Å². The van der Waals surface area contributed by atoms with E-state index in [4.69, 9.17) is 0 Å². The highest BCUT2D eigenvalue weighted by Crippen LogP contribution is 2.17. The summed E-state index contributed by atoms with van der Waals surface area (Å²) in [6.07, 6.45) is 0. The van der Waals surface area contributed by atoms with Crippen molar-refractivity contribution in [1.29, 1.82) is 0 Å². The van der Waals surface area contributed by atoms with Crippen LogP contribution in [0.2, 0.25) is 0 Å². The predicted octanol–water partition coefficient (Wildman–Crippen LogP) is 4.56. The number of thioether (sulfide) groups is 1. The fourth-order valence-electron chi connectivity index (χ4n) is 2.96. The van der Waals surface area contributed by atoms with Gasteiger partial charge in [-0.15, -0.1) is 11.8 Å². The van der Waals surface area contributed by atoms with Gasteiger partial charge < -0.3 is 10.2 Å². The van der Waals surface area contributed by atoms with E-state index in [9.17, 15) is 14.0 Å². The first-order valence-electron chi connectivity index (χ1n) is 10.2. The summed E-state index contributed by atoms with van der Waals surface area (Å²) in [6.45, 7) is 8.81. The zero-order valence-corrected chi connectivity index (χ0v) is 19.0. The highest BCUT2D eigenvalue weighted by molar-refractivity contribution is 7.99. The Labute approximate surface area is 183 Å². The fraction of sp³-hybridized carbons (Fsp3) is 0.417. The van der Waals surface area contributed by atoms with Crippen LogP contribution in [0.1, 0.15) is 37.5 Å². The summed E-state index contributed by atoms with van der Waals surface area (Å²) in [7, 11) is 0. The number of nitrogens with zero attached hydrogens (tertiary/aromatic N) is 1. The van der Waals surface area contributed by atoms with Crippen LogP contribution >= 0.6 is 11.8 Å². The van der Waals surface area contributed by atoms with Gasteiger partial charge in [-0.3, -0.25) is 9.59 Å². The van der Waals surface area contributed by atoms with Crippen LogP contribution < -0.4 is 5.32 Å². The maximum absolute atomic E-state index is 13.0.